The molecule has 4 aliphatic rings. The molecule has 1 N–H and O–H groups in total. The van der Waals surface area contributed by atoms with Gasteiger partial charge in [0.2, 0.25) is 5.91 Å². The average molecular weight is 353 g/mol. The van der Waals surface area contributed by atoms with E-state index in [0.29, 0.717) is 0 Å². The van der Waals surface area contributed by atoms with Gasteiger partial charge in [-0.2, -0.15) is 0 Å². The predicted octanol–water partition coefficient (Wildman–Crippen LogP) is 4.04. The summed E-state index contributed by atoms with van der Waals surface area (Å²) in [7, 11) is 0. The van der Waals surface area contributed by atoms with Crippen molar-refractivity contribution in [3.63, 3.8) is 0 Å². The van der Waals surface area contributed by atoms with E-state index in [-0.39, 0.29) is 17.4 Å². The van der Waals surface area contributed by atoms with Gasteiger partial charge in [-0.1, -0.05) is 30.7 Å². The lowest BCUT2D eigenvalue weighted by Crippen LogP contribution is -2.44. The maximum Gasteiger partial charge on any atom is 0.217 e. The second-order valence-electron chi connectivity index (χ2n) is 9.56. The highest BCUT2D eigenvalue weighted by Gasteiger charge is 2.46. The zero-order valence-electron chi connectivity index (χ0n) is 16.0. The van der Waals surface area contributed by atoms with Crippen LogP contribution in [-0.2, 0) is 10.2 Å². The van der Waals surface area contributed by atoms with Crippen LogP contribution in [0.2, 0.25) is 0 Å². The Morgan fingerprint density at radius 2 is 2.00 bits per heavy atom. The molecule has 1 aromatic carbocycles. The summed E-state index contributed by atoms with van der Waals surface area (Å²) < 4.78 is 0. The van der Waals surface area contributed by atoms with Crippen molar-refractivity contribution in [3.8, 4) is 0 Å². The van der Waals surface area contributed by atoms with E-state index < -0.39 is 0 Å². The van der Waals surface area contributed by atoms with Crippen molar-refractivity contribution in [2.75, 3.05) is 19.6 Å². The van der Waals surface area contributed by atoms with Crippen molar-refractivity contribution in [1.82, 2.24) is 10.2 Å². The van der Waals surface area contributed by atoms with E-state index >= 15 is 0 Å². The van der Waals surface area contributed by atoms with Crippen LogP contribution < -0.4 is 5.32 Å². The van der Waals surface area contributed by atoms with Gasteiger partial charge in [0.05, 0.1) is 6.04 Å². The van der Waals surface area contributed by atoms with Crippen LogP contribution in [0.15, 0.2) is 24.3 Å². The monoisotopic (exact) mass is 352 g/mol. The number of carbonyl (C=O) groups excluding carboxylic acids is 1. The fourth-order valence-corrected chi connectivity index (χ4v) is 6.84. The number of amides is 1. The molecule has 3 fully saturated rings. The Bertz CT molecular complexity index is 691. The number of likely N-dealkylation sites (tertiary alicyclic amines) is 1. The molecule has 0 unspecified atom stereocenters. The molecule has 0 radical (unpaired) electrons. The summed E-state index contributed by atoms with van der Waals surface area (Å²) in [6, 6.07) is 9.06. The first-order valence-corrected chi connectivity index (χ1v) is 10.7. The number of piperidine rings is 1. The highest BCUT2D eigenvalue weighted by Crippen LogP contribution is 2.52. The van der Waals surface area contributed by atoms with E-state index in [1.165, 1.54) is 69.3 Å². The molecule has 1 saturated heterocycles. The second-order valence-corrected chi connectivity index (χ2v) is 9.56. The third-order valence-electron chi connectivity index (χ3n) is 8.07. The van der Waals surface area contributed by atoms with Crippen molar-refractivity contribution >= 4 is 5.91 Å². The number of hydrogen-bond acceptors (Lipinski definition) is 2. The van der Waals surface area contributed by atoms with Gasteiger partial charge in [0.25, 0.3) is 0 Å². The average Bonchev–Trinajstić information content (AvgIpc) is 3.32. The van der Waals surface area contributed by atoms with Gasteiger partial charge in [-0.3, -0.25) is 4.79 Å². The first-order valence-electron chi connectivity index (χ1n) is 10.7. The van der Waals surface area contributed by atoms with Crippen molar-refractivity contribution < 1.29 is 4.79 Å². The predicted molar refractivity (Wildman–Crippen MR) is 104 cm³/mol. The number of fused-ring (bicyclic) bond motifs is 4. The van der Waals surface area contributed by atoms with E-state index in [0.717, 1.165) is 24.2 Å². The van der Waals surface area contributed by atoms with Gasteiger partial charge in [0, 0.05) is 18.9 Å². The van der Waals surface area contributed by atoms with Gasteiger partial charge in [-0.15, -0.1) is 0 Å². The number of nitrogens with one attached hydrogen (secondary N) is 1. The minimum absolute atomic E-state index is 0.0931. The summed E-state index contributed by atoms with van der Waals surface area (Å²) in [4.78, 5) is 14.4. The summed E-state index contributed by atoms with van der Waals surface area (Å²) in [6.45, 7) is 5.45. The Balaban J connectivity index is 1.27. The van der Waals surface area contributed by atoms with Gasteiger partial charge >= 0.3 is 0 Å². The molecule has 140 valence electrons. The topological polar surface area (TPSA) is 32.3 Å². The maximum atomic E-state index is 11.7. The molecule has 1 aliphatic heterocycles. The first-order chi connectivity index (χ1) is 12.6. The molecule has 4 atom stereocenters. The van der Waals surface area contributed by atoms with Gasteiger partial charge in [-0.05, 0) is 80.5 Å². The minimum Gasteiger partial charge on any atom is -0.349 e. The Morgan fingerprint density at radius 1 is 1.19 bits per heavy atom. The number of benzene rings is 1. The zero-order chi connectivity index (χ0) is 17.7. The summed E-state index contributed by atoms with van der Waals surface area (Å²) in [6.07, 6.45) is 9.62. The van der Waals surface area contributed by atoms with E-state index in [2.05, 4.69) is 34.5 Å². The molecule has 1 heterocycles. The van der Waals surface area contributed by atoms with E-state index in [4.69, 9.17) is 0 Å². The van der Waals surface area contributed by atoms with Crippen LogP contribution in [-0.4, -0.2) is 30.4 Å². The summed E-state index contributed by atoms with van der Waals surface area (Å²) in [5.74, 6) is 3.16. The van der Waals surface area contributed by atoms with E-state index in [1.807, 2.05) is 0 Å². The lowest BCUT2D eigenvalue weighted by molar-refractivity contribution is -0.119. The van der Waals surface area contributed by atoms with Gasteiger partial charge in [0.1, 0.15) is 0 Å². The molecule has 1 aromatic rings. The second kappa shape index (κ2) is 6.37. The molecule has 0 aromatic heterocycles. The number of carbonyl (C=O) groups is 1. The third kappa shape index (κ3) is 2.79. The smallest absolute Gasteiger partial charge is 0.217 e. The van der Waals surface area contributed by atoms with Crippen LogP contribution in [0.25, 0.3) is 0 Å². The van der Waals surface area contributed by atoms with Crippen molar-refractivity contribution in [2.24, 2.45) is 17.8 Å². The molecule has 26 heavy (non-hydrogen) atoms. The Morgan fingerprint density at radius 3 is 2.69 bits per heavy atom. The maximum absolute atomic E-state index is 11.7. The summed E-state index contributed by atoms with van der Waals surface area (Å²) in [5, 5.41) is 3.21. The van der Waals surface area contributed by atoms with Gasteiger partial charge in [-0.25, -0.2) is 0 Å². The fraction of sp³-hybridized carbons (Fsp3) is 0.696. The zero-order valence-corrected chi connectivity index (χ0v) is 16.0. The quantitative estimate of drug-likeness (QED) is 0.890. The van der Waals surface area contributed by atoms with Crippen LogP contribution in [0, 0.1) is 17.8 Å². The lowest BCUT2D eigenvalue weighted by atomic mass is 9.73. The number of rotatable bonds is 3. The molecular weight excluding hydrogens is 320 g/mol. The molecule has 1 amide bonds. The highest BCUT2D eigenvalue weighted by molar-refractivity contribution is 5.73. The highest BCUT2D eigenvalue weighted by atomic mass is 16.1. The van der Waals surface area contributed by atoms with E-state index in [9.17, 15) is 4.79 Å². The Hall–Kier alpha value is -1.35. The largest absolute Gasteiger partial charge is 0.349 e. The lowest BCUT2D eigenvalue weighted by Gasteiger charge is -2.42. The summed E-state index contributed by atoms with van der Waals surface area (Å²) >= 11 is 0. The normalized spacial score (nSPS) is 35.0. The van der Waals surface area contributed by atoms with E-state index in [1.54, 1.807) is 6.92 Å². The molecule has 3 heteroatoms. The summed E-state index contributed by atoms with van der Waals surface area (Å²) in [5.41, 5.74) is 3.16. The van der Waals surface area contributed by atoms with Crippen LogP contribution in [0.5, 0.6) is 0 Å². The van der Waals surface area contributed by atoms with Gasteiger partial charge < -0.3 is 10.2 Å². The van der Waals surface area contributed by atoms with Crippen LogP contribution in [0.4, 0.5) is 0 Å². The van der Waals surface area contributed by atoms with Crippen LogP contribution in [0.3, 0.4) is 0 Å². The molecule has 2 saturated carbocycles. The number of hydrogen-bond donors (Lipinski definition) is 1. The Kier molecular flexibility index (Phi) is 4.11. The van der Waals surface area contributed by atoms with Crippen molar-refractivity contribution in [1.29, 1.82) is 0 Å². The molecule has 3 nitrogen and oxygen atoms in total. The first kappa shape index (κ1) is 16.8. The van der Waals surface area contributed by atoms with Crippen LogP contribution in [0.1, 0.15) is 69.0 Å². The molecule has 2 bridgehead atoms. The van der Waals surface area contributed by atoms with Crippen molar-refractivity contribution in [3.05, 3.63) is 35.4 Å². The molecule has 1 spiro atoms. The van der Waals surface area contributed by atoms with Gasteiger partial charge in [0.15, 0.2) is 0 Å². The minimum atomic E-state index is 0.0931. The molecule has 5 rings (SSSR count). The van der Waals surface area contributed by atoms with Crippen LogP contribution >= 0.6 is 0 Å². The fourth-order valence-electron chi connectivity index (χ4n) is 6.84. The third-order valence-corrected chi connectivity index (χ3v) is 8.07. The molecular formula is C23H32N2O. The number of nitrogens with zero attached hydrogens (tertiary/aromatic N) is 1. The molecule has 3 aliphatic carbocycles. The SMILES string of the molecule is CC(=O)N[C@H]1CC2(CCN(C[C@H]3C[C@H]4CC[C@H]3C4)CC2)c2ccccc21. The Labute approximate surface area is 157 Å². The van der Waals surface area contributed by atoms with Crippen molar-refractivity contribution in [2.45, 2.75) is 63.3 Å². The standard InChI is InChI=1S/C23H32N2O/c1-16(26)24-22-14-23(21-5-3-2-4-20(21)22)8-10-25(11-9-23)15-19-13-17-6-7-18(19)12-17/h2-5,17-19,22H,6-15H2,1H3,(H,24,26)/t17-,18-,19+,22-/m0/s1.